The van der Waals surface area contributed by atoms with Crippen LogP contribution in [0.15, 0.2) is 30.3 Å². The quantitative estimate of drug-likeness (QED) is 0.743. The normalized spacial score (nSPS) is 18.4. The van der Waals surface area contributed by atoms with E-state index in [0.29, 0.717) is 0 Å². The van der Waals surface area contributed by atoms with Crippen LogP contribution in [0.3, 0.4) is 0 Å². The van der Waals surface area contributed by atoms with Gasteiger partial charge in [-0.05, 0) is 12.0 Å². The topological polar surface area (TPSA) is 51.8 Å². The Morgan fingerprint density at radius 2 is 1.55 bits per heavy atom. The minimum absolute atomic E-state index is 0.213. The highest BCUT2D eigenvalue weighted by molar-refractivity contribution is 6.60. The number of nitrogens with one attached hydrogen (secondary N) is 2. The summed E-state index contributed by atoms with van der Waals surface area (Å²) in [7, 11) is 2.43. The monoisotopic (exact) mass is 296 g/mol. The molecule has 20 heavy (non-hydrogen) atoms. The maximum Gasteiger partial charge on any atom is 0.500 e. The predicted molar refractivity (Wildman–Crippen MR) is 80.3 cm³/mol. The lowest BCUT2D eigenvalue weighted by Gasteiger charge is -2.33. The summed E-state index contributed by atoms with van der Waals surface area (Å²) in [6.45, 7) is 1.91. The molecule has 0 amide bonds. The summed E-state index contributed by atoms with van der Waals surface area (Å²) in [4.78, 5) is 0. The van der Waals surface area contributed by atoms with Gasteiger partial charge in [0.2, 0.25) is 0 Å². The molecule has 1 fully saturated rings. The predicted octanol–water partition coefficient (Wildman–Crippen LogP) is 1.30. The zero-order valence-corrected chi connectivity index (χ0v) is 13.4. The molecule has 0 atom stereocenters. The van der Waals surface area contributed by atoms with Crippen LogP contribution in [0.25, 0.3) is 0 Å². The summed E-state index contributed by atoms with van der Waals surface area (Å²) in [5.74, 6) is 0. The van der Waals surface area contributed by atoms with Gasteiger partial charge >= 0.3 is 8.80 Å². The van der Waals surface area contributed by atoms with Gasteiger partial charge < -0.3 is 13.3 Å². The first kappa shape index (κ1) is 15.6. The highest BCUT2D eigenvalue weighted by Gasteiger charge is 2.43. The Morgan fingerprint density at radius 3 is 2.05 bits per heavy atom. The Kier molecular flexibility index (Phi) is 5.31. The zero-order chi connectivity index (χ0) is 14.5. The molecule has 1 aromatic carbocycles. The van der Waals surface area contributed by atoms with Crippen molar-refractivity contribution in [3.05, 3.63) is 35.9 Å². The third-order valence-corrected chi connectivity index (χ3v) is 6.71. The number of hydrogen-bond donors (Lipinski definition) is 2. The van der Waals surface area contributed by atoms with E-state index in [2.05, 4.69) is 34.9 Å². The van der Waals surface area contributed by atoms with Gasteiger partial charge in [0, 0.05) is 40.5 Å². The zero-order valence-electron chi connectivity index (χ0n) is 12.4. The molecule has 0 unspecified atom stereocenters. The van der Waals surface area contributed by atoms with E-state index < -0.39 is 8.80 Å². The average Bonchev–Trinajstić information content (AvgIpc) is 3.00. The molecule has 1 heterocycles. The Balaban J connectivity index is 2.15. The van der Waals surface area contributed by atoms with E-state index in [-0.39, 0.29) is 5.66 Å². The molecule has 1 aromatic rings. The maximum atomic E-state index is 5.52. The van der Waals surface area contributed by atoms with Gasteiger partial charge in [0.25, 0.3) is 0 Å². The Morgan fingerprint density at radius 1 is 1.00 bits per heavy atom. The molecule has 6 heteroatoms. The average molecular weight is 296 g/mol. The van der Waals surface area contributed by atoms with Crippen molar-refractivity contribution in [2.45, 2.75) is 18.1 Å². The van der Waals surface area contributed by atoms with Crippen LogP contribution in [0.4, 0.5) is 0 Å². The van der Waals surface area contributed by atoms with E-state index >= 15 is 0 Å². The van der Waals surface area contributed by atoms with Gasteiger partial charge in [0.15, 0.2) is 0 Å². The Bertz CT molecular complexity index is 398. The van der Waals surface area contributed by atoms with Gasteiger partial charge in [-0.2, -0.15) is 0 Å². The molecule has 2 rings (SSSR count). The van der Waals surface area contributed by atoms with Crippen molar-refractivity contribution in [3.63, 3.8) is 0 Å². The van der Waals surface area contributed by atoms with Gasteiger partial charge in [-0.1, -0.05) is 30.3 Å². The van der Waals surface area contributed by atoms with Gasteiger partial charge in [-0.25, -0.2) is 0 Å². The first-order valence-electron chi connectivity index (χ1n) is 6.91. The summed E-state index contributed by atoms with van der Waals surface area (Å²) >= 11 is 0. The first-order valence-corrected chi connectivity index (χ1v) is 8.84. The van der Waals surface area contributed by atoms with Crippen molar-refractivity contribution >= 4 is 8.80 Å². The van der Waals surface area contributed by atoms with Crippen LogP contribution < -0.4 is 10.6 Å². The molecule has 0 aromatic heterocycles. The molecule has 0 aliphatic carbocycles. The van der Waals surface area contributed by atoms with E-state index in [1.807, 2.05) is 6.07 Å². The van der Waals surface area contributed by atoms with Gasteiger partial charge in [-0.3, -0.25) is 10.6 Å². The molecule has 0 spiro atoms. The fraction of sp³-hybridized carbons (Fsp3) is 0.571. The van der Waals surface area contributed by atoms with Gasteiger partial charge in [0.1, 0.15) is 0 Å². The minimum Gasteiger partial charge on any atom is -0.377 e. The Hall–Kier alpha value is -0.763. The third kappa shape index (κ3) is 3.11. The number of rotatable bonds is 7. The van der Waals surface area contributed by atoms with Crippen LogP contribution in [0, 0.1) is 0 Å². The molecular weight excluding hydrogens is 272 g/mol. The molecular formula is C14H24N2O3Si. The molecule has 0 saturated carbocycles. The molecule has 2 N–H and O–H groups in total. The molecule has 0 bridgehead atoms. The smallest absolute Gasteiger partial charge is 0.377 e. The van der Waals surface area contributed by atoms with E-state index in [1.165, 1.54) is 5.56 Å². The van der Waals surface area contributed by atoms with Crippen LogP contribution in [0.5, 0.6) is 0 Å². The maximum absolute atomic E-state index is 5.52. The van der Waals surface area contributed by atoms with E-state index in [0.717, 1.165) is 25.6 Å². The second-order valence-electron chi connectivity index (χ2n) is 4.92. The summed E-state index contributed by atoms with van der Waals surface area (Å²) in [6, 6.07) is 11.2. The highest BCUT2D eigenvalue weighted by Crippen LogP contribution is 2.29. The fourth-order valence-corrected chi connectivity index (χ4v) is 4.55. The summed E-state index contributed by atoms with van der Waals surface area (Å²) in [6.07, 6.45) is 0.860. The number of hydrogen-bond acceptors (Lipinski definition) is 5. The minimum atomic E-state index is -2.54. The lowest BCUT2D eigenvalue weighted by Crippen LogP contribution is -2.50. The highest BCUT2D eigenvalue weighted by atomic mass is 28.4. The lowest BCUT2D eigenvalue weighted by molar-refractivity contribution is 0.118. The van der Waals surface area contributed by atoms with Crippen molar-refractivity contribution in [2.24, 2.45) is 0 Å². The van der Waals surface area contributed by atoms with Crippen molar-refractivity contribution in [1.82, 2.24) is 10.6 Å². The van der Waals surface area contributed by atoms with Crippen LogP contribution in [-0.2, 0) is 18.9 Å². The van der Waals surface area contributed by atoms with Crippen LogP contribution in [0.1, 0.15) is 12.0 Å². The van der Waals surface area contributed by atoms with Crippen molar-refractivity contribution in [1.29, 1.82) is 0 Å². The van der Waals surface area contributed by atoms with Crippen LogP contribution in [0.2, 0.25) is 6.04 Å². The second-order valence-corrected chi connectivity index (χ2v) is 8.01. The largest absolute Gasteiger partial charge is 0.500 e. The van der Waals surface area contributed by atoms with E-state index in [9.17, 15) is 0 Å². The second kappa shape index (κ2) is 6.80. The Labute approximate surface area is 122 Å². The number of benzene rings is 1. The van der Waals surface area contributed by atoms with Gasteiger partial charge in [-0.15, -0.1) is 0 Å². The molecule has 1 saturated heterocycles. The first-order chi connectivity index (χ1) is 9.70. The third-order valence-electron chi connectivity index (χ3n) is 3.98. The fourth-order valence-electron chi connectivity index (χ4n) is 2.76. The van der Waals surface area contributed by atoms with Crippen molar-refractivity contribution in [2.75, 3.05) is 34.4 Å². The lowest BCUT2D eigenvalue weighted by atomic mass is 9.97. The molecule has 0 radical (unpaired) electrons. The molecule has 1 aliphatic heterocycles. The summed E-state index contributed by atoms with van der Waals surface area (Å²) in [5, 5.41) is 7.15. The van der Waals surface area contributed by atoms with E-state index in [4.69, 9.17) is 13.3 Å². The molecule has 5 nitrogen and oxygen atoms in total. The van der Waals surface area contributed by atoms with Crippen LogP contribution >= 0.6 is 0 Å². The summed E-state index contributed by atoms with van der Waals surface area (Å²) in [5.41, 5.74) is 1.03. The van der Waals surface area contributed by atoms with Gasteiger partial charge in [0.05, 0.1) is 5.66 Å². The standard InChI is InChI=1S/C14H24N2O3Si/c1-17-20(18-2,19-3)12-9-14(15-10-11-16-14)13-7-5-4-6-8-13/h4-8,15-16H,9-12H2,1-3H3. The van der Waals surface area contributed by atoms with Crippen LogP contribution in [-0.4, -0.2) is 43.2 Å². The van der Waals surface area contributed by atoms with E-state index in [1.54, 1.807) is 21.3 Å². The molecule has 112 valence electrons. The summed E-state index contributed by atoms with van der Waals surface area (Å²) < 4.78 is 16.5. The SMILES string of the molecule is CO[Si](CCC1(c2ccccc2)NCCN1)(OC)OC. The molecule has 1 aliphatic rings. The van der Waals surface area contributed by atoms with Crippen molar-refractivity contribution < 1.29 is 13.3 Å². The van der Waals surface area contributed by atoms with Crippen molar-refractivity contribution in [3.8, 4) is 0 Å².